The minimum Gasteiger partial charge on any atom is -0.480 e. The Morgan fingerprint density at radius 3 is 2.59 bits per heavy atom. The van der Waals surface area contributed by atoms with Gasteiger partial charge in [0.1, 0.15) is 6.04 Å². The van der Waals surface area contributed by atoms with Crippen LogP contribution in [0.1, 0.15) is 26.2 Å². The molecule has 7 nitrogen and oxygen atoms in total. The van der Waals surface area contributed by atoms with Crippen LogP contribution in [0.4, 0.5) is 0 Å². The number of hydrogen-bond acceptors (Lipinski definition) is 4. The van der Waals surface area contributed by atoms with E-state index < -0.39 is 22.2 Å². The first kappa shape index (κ1) is 16.3. The molecule has 1 atom stereocenters. The summed E-state index contributed by atoms with van der Waals surface area (Å²) in [7, 11) is -2.24. The molecule has 0 radical (unpaired) electrons. The number of carboxylic acid groups (broad SMARTS) is 1. The van der Waals surface area contributed by atoms with Crippen molar-refractivity contribution in [2.75, 3.05) is 20.3 Å². The summed E-state index contributed by atoms with van der Waals surface area (Å²) >= 11 is 0. The number of ether oxygens (including phenoxy) is 1. The summed E-state index contributed by atoms with van der Waals surface area (Å²) < 4.78 is 32.0. The van der Waals surface area contributed by atoms with Gasteiger partial charge in [-0.3, -0.25) is 4.79 Å². The minimum atomic E-state index is -3.75. The normalized spacial score (nSPS) is 13.5. The molecule has 102 valence electrons. The van der Waals surface area contributed by atoms with Crippen LogP contribution >= 0.6 is 0 Å². The number of aliphatic carboxylic acids is 1. The van der Waals surface area contributed by atoms with Gasteiger partial charge in [-0.25, -0.2) is 4.72 Å². The molecule has 0 aromatic rings. The van der Waals surface area contributed by atoms with E-state index in [0.29, 0.717) is 19.4 Å². The average molecular weight is 268 g/mol. The van der Waals surface area contributed by atoms with E-state index in [-0.39, 0.29) is 13.0 Å². The summed E-state index contributed by atoms with van der Waals surface area (Å²) in [5, 5.41) is 8.87. The fraction of sp³-hybridized carbons (Fsp3) is 0.889. The Labute approximate surface area is 102 Å². The molecule has 0 aliphatic rings. The van der Waals surface area contributed by atoms with Gasteiger partial charge in [-0.1, -0.05) is 6.92 Å². The van der Waals surface area contributed by atoms with Crippen molar-refractivity contribution < 1.29 is 23.1 Å². The highest BCUT2D eigenvalue weighted by Crippen LogP contribution is 1.99. The van der Waals surface area contributed by atoms with E-state index in [1.807, 2.05) is 6.92 Å². The molecule has 1 unspecified atom stereocenters. The van der Waals surface area contributed by atoms with Gasteiger partial charge in [0.05, 0.1) is 0 Å². The van der Waals surface area contributed by atoms with Crippen LogP contribution in [0.2, 0.25) is 0 Å². The molecule has 3 N–H and O–H groups in total. The summed E-state index contributed by atoms with van der Waals surface area (Å²) in [4.78, 5) is 10.8. The standard InChI is InChI=1S/C9H20N2O5S/c1-3-6-10-17(14,15)11-8(9(12)13)5-4-7-16-2/h8,10-11H,3-7H2,1-2H3,(H,12,13). The zero-order valence-corrected chi connectivity index (χ0v) is 10.9. The first-order valence-corrected chi connectivity index (χ1v) is 6.90. The van der Waals surface area contributed by atoms with E-state index >= 15 is 0 Å². The smallest absolute Gasteiger partial charge is 0.321 e. The third-order valence-electron chi connectivity index (χ3n) is 1.98. The lowest BCUT2D eigenvalue weighted by Crippen LogP contribution is -2.46. The summed E-state index contributed by atoms with van der Waals surface area (Å²) in [6.07, 6.45) is 1.31. The summed E-state index contributed by atoms with van der Waals surface area (Å²) in [5.41, 5.74) is 0. The molecule has 0 aliphatic heterocycles. The predicted octanol–water partition coefficient (Wildman–Crippen LogP) is -0.300. The molecule has 0 bridgehead atoms. The Bertz CT molecular complexity index is 317. The lowest BCUT2D eigenvalue weighted by molar-refractivity contribution is -0.139. The van der Waals surface area contributed by atoms with E-state index in [9.17, 15) is 13.2 Å². The second-order valence-electron chi connectivity index (χ2n) is 3.54. The third kappa shape index (κ3) is 8.08. The van der Waals surface area contributed by atoms with Gasteiger partial charge in [-0.05, 0) is 19.3 Å². The highest BCUT2D eigenvalue weighted by atomic mass is 32.2. The van der Waals surface area contributed by atoms with Gasteiger partial charge in [0.2, 0.25) is 0 Å². The monoisotopic (exact) mass is 268 g/mol. The van der Waals surface area contributed by atoms with Gasteiger partial charge in [-0.2, -0.15) is 13.1 Å². The zero-order valence-electron chi connectivity index (χ0n) is 10.1. The van der Waals surface area contributed by atoms with Crippen molar-refractivity contribution in [3.05, 3.63) is 0 Å². The van der Waals surface area contributed by atoms with E-state index in [1.54, 1.807) is 0 Å². The van der Waals surface area contributed by atoms with E-state index in [0.717, 1.165) is 0 Å². The summed E-state index contributed by atoms with van der Waals surface area (Å²) in [6.45, 7) is 2.49. The lowest BCUT2D eigenvalue weighted by Gasteiger charge is -2.14. The van der Waals surface area contributed by atoms with Crippen LogP contribution in [-0.2, 0) is 19.7 Å². The number of hydrogen-bond donors (Lipinski definition) is 3. The van der Waals surface area contributed by atoms with Gasteiger partial charge < -0.3 is 9.84 Å². The van der Waals surface area contributed by atoms with Gasteiger partial charge in [0, 0.05) is 20.3 Å². The van der Waals surface area contributed by atoms with Crippen LogP contribution in [0.3, 0.4) is 0 Å². The molecule has 17 heavy (non-hydrogen) atoms. The Kier molecular flexibility index (Phi) is 8.05. The molecule has 0 saturated carbocycles. The maximum absolute atomic E-state index is 11.4. The molecule has 0 aliphatic carbocycles. The predicted molar refractivity (Wildman–Crippen MR) is 62.9 cm³/mol. The third-order valence-corrected chi connectivity index (χ3v) is 3.16. The van der Waals surface area contributed by atoms with Crippen LogP contribution in [-0.4, -0.2) is 45.8 Å². The number of carbonyl (C=O) groups is 1. The van der Waals surface area contributed by atoms with Crippen molar-refractivity contribution in [3.63, 3.8) is 0 Å². The van der Waals surface area contributed by atoms with E-state index in [2.05, 4.69) is 9.44 Å². The van der Waals surface area contributed by atoms with Crippen molar-refractivity contribution in [1.29, 1.82) is 0 Å². The fourth-order valence-electron chi connectivity index (χ4n) is 1.13. The average Bonchev–Trinajstić information content (AvgIpc) is 2.25. The molecule has 0 amide bonds. The van der Waals surface area contributed by atoms with E-state index in [1.165, 1.54) is 7.11 Å². The second kappa shape index (κ2) is 8.40. The van der Waals surface area contributed by atoms with Crippen molar-refractivity contribution in [2.45, 2.75) is 32.2 Å². The quantitative estimate of drug-likeness (QED) is 0.472. The molecule has 0 fully saturated rings. The van der Waals surface area contributed by atoms with Crippen LogP contribution in [0, 0.1) is 0 Å². The minimum absolute atomic E-state index is 0.191. The number of methoxy groups -OCH3 is 1. The number of carboxylic acids is 1. The van der Waals surface area contributed by atoms with Gasteiger partial charge in [-0.15, -0.1) is 0 Å². The highest BCUT2D eigenvalue weighted by Gasteiger charge is 2.22. The maximum atomic E-state index is 11.4. The van der Waals surface area contributed by atoms with Crippen LogP contribution in [0.15, 0.2) is 0 Å². The lowest BCUT2D eigenvalue weighted by atomic mass is 10.2. The van der Waals surface area contributed by atoms with Crippen LogP contribution in [0.25, 0.3) is 0 Å². The molecular weight excluding hydrogens is 248 g/mol. The van der Waals surface area contributed by atoms with Gasteiger partial charge in [0.15, 0.2) is 0 Å². The number of rotatable bonds is 10. The maximum Gasteiger partial charge on any atom is 0.321 e. The van der Waals surface area contributed by atoms with Gasteiger partial charge in [0.25, 0.3) is 10.2 Å². The Balaban J connectivity index is 4.28. The molecule has 0 aromatic carbocycles. The SMILES string of the molecule is CCCNS(=O)(=O)NC(CCCOC)C(=O)O. The highest BCUT2D eigenvalue weighted by molar-refractivity contribution is 7.87. The molecule has 0 saturated heterocycles. The first-order chi connectivity index (χ1) is 7.93. The Hall–Kier alpha value is -0.700. The van der Waals surface area contributed by atoms with Crippen LogP contribution in [0.5, 0.6) is 0 Å². The molecule has 0 heterocycles. The molecule has 8 heteroatoms. The number of nitrogens with one attached hydrogen (secondary N) is 2. The van der Waals surface area contributed by atoms with Crippen molar-refractivity contribution in [2.24, 2.45) is 0 Å². The Morgan fingerprint density at radius 1 is 1.47 bits per heavy atom. The molecule has 0 aromatic heterocycles. The topological polar surface area (TPSA) is 105 Å². The first-order valence-electron chi connectivity index (χ1n) is 5.41. The summed E-state index contributed by atoms with van der Waals surface area (Å²) in [5.74, 6) is -1.19. The largest absolute Gasteiger partial charge is 0.480 e. The Morgan fingerprint density at radius 2 is 2.12 bits per heavy atom. The van der Waals surface area contributed by atoms with Crippen LogP contribution < -0.4 is 9.44 Å². The second-order valence-corrected chi connectivity index (χ2v) is 5.07. The molecular formula is C9H20N2O5S. The van der Waals surface area contributed by atoms with Crippen molar-refractivity contribution in [3.8, 4) is 0 Å². The molecule has 0 spiro atoms. The van der Waals surface area contributed by atoms with Crippen molar-refractivity contribution in [1.82, 2.24) is 9.44 Å². The van der Waals surface area contributed by atoms with E-state index in [4.69, 9.17) is 9.84 Å². The van der Waals surface area contributed by atoms with Gasteiger partial charge >= 0.3 is 5.97 Å². The fourth-order valence-corrected chi connectivity index (χ4v) is 2.28. The summed E-state index contributed by atoms with van der Waals surface area (Å²) in [6, 6.07) is -1.13. The molecule has 0 rings (SSSR count). The van der Waals surface area contributed by atoms with Crippen molar-refractivity contribution >= 4 is 16.2 Å². The zero-order chi connectivity index (χ0) is 13.3.